The van der Waals surface area contributed by atoms with E-state index in [4.69, 9.17) is 14.6 Å². The molecule has 0 aliphatic carbocycles. The van der Waals surface area contributed by atoms with Crippen LogP contribution in [-0.4, -0.2) is 43.3 Å². The van der Waals surface area contributed by atoms with Gasteiger partial charge in [-0.3, -0.25) is 4.79 Å². The third-order valence-electron chi connectivity index (χ3n) is 3.39. The first-order chi connectivity index (χ1) is 10.8. The van der Waals surface area contributed by atoms with Gasteiger partial charge in [0.05, 0.1) is 0 Å². The molecule has 6 nitrogen and oxygen atoms in total. The Bertz CT molecular complexity index is 542. The SMILES string of the molecule is COCCC(NC(=O)COc1cc(C)ccc1C(C)C)C(=O)O. The summed E-state index contributed by atoms with van der Waals surface area (Å²) in [6, 6.07) is 4.87. The molecule has 0 aliphatic heterocycles. The lowest BCUT2D eigenvalue weighted by molar-refractivity contribution is -0.142. The van der Waals surface area contributed by atoms with Crippen LogP contribution in [-0.2, 0) is 14.3 Å². The number of hydrogen-bond acceptors (Lipinski definition) is 4. The topological polar surface area (TPSA) is 84.9 Å². The molecule has 0 saturated heterocycles. The first kappa shape index (κ1) is 19.0. The van der Waals surface area contributed by atoms with E-state index >= 15 is 0 Å². The molecule has 128 valence electrons. The molecule has 0 spiro atoms. The average molecular weight is 323 g/mol. The highest BCUT2D eigenvalue weighted by atomic mass is 16.5. The second-order valence-electron chi connectivity index (χ2n) is 5.72. The highest BCUT2D eigenvalue weighted by molar-refractivity contribution is 5.84. The van der Waals surface area contributed by atoms with E-state index < -0.39 is 17.9 Å². The Balaban J connectivity index is 2.65. The minimum absolute atomic E-state index is 0.208. The Morgan fingerprint density at radius 1 is 1.30 bits per heavy atom. The van der Waals surface area contributed by atoms with Crippen LogP contribution in [0.2, 0.25) is 0 Å². The minimum Gasteiger partial charge on any atom is -0.483 e. The Morgan fingerprint density at radius 2 is 2.00 bits per heavy atom. The van der Waals surface area contributed by atoms with Crippen LogP contribution in [0.25, 0.3) is 0 Å². The van der Waals surface area contributed by atoms with Crippen molar-refractivity contribution in [3.8, 4) is 5.75 Å². The summed E-state index contributed by atoms with van der Waals surface area (Å²) < 4.78 is 10.4. The second-order valence-corrected chi connectivity index (χ2v) is 5.72. The van der Waals surface area contributed by atoms with Gasteiger partial charge in [-0.2, -0.15) is 0 Å². The summed E-state index contributed by atoms with van der Waals surface area (Å²) in [7, 11) is 1.48. The lowest BCUT2D eigenvalue weighted by Gasteiger charge is -2.17. The van der Waals surface area contributed by atoms with Crippen molar-refractivity contribution in [2.45, 2.75) is 39.2 Å². The summed E-state index contributed by atoms with van der Waals surface area (Å²) in [4.78, 5) is 23.0. The van der Waals surface area contributed by atoms with Gasteiger partial charge < -0.3 is 19.9 Å². The van der Waals surface area contributed by atoms with Gasteiger partial charge >= 0.3 is 5.97 Å². The summed E-state index contributed by atoms with van der Waals surface area (Å²) in [5.74, 6) is -0.639. The fourth-order valence-electron chi connectivity index (χ4n) is 2.12. The highest BCUT2D eigenvalue weighted by Crippen LogP contribution is 2.27. The molecule has 0 heterocycles. The van der Waals surface area contributed by atoms with Crippen molar-refractivity contribution in [2.24, 2.45) is 0 Å². The number of nitrogens with one attached hydrogen (secondary N) is 1. The predicted octanol–water partition coefficient (Wildman–Crippen LogP) is 2.10. The minimum atomic E-state index is -1.09. The third-order valence-corrected chi connectivity index (χ3v) is 3.39. The van der Waals surface area contributed by atoms with Crippen LogP contribution in [0.5, 0.6) is 5.75 Å². The Hall–Kier alpha value is -2.08. The standard InChI is InChI=1S/C17H25NO5/c1-11(2)13-6-5-12(3)9-15(13)23-10-16(19)18-14(17(20)21)7-8-22-4/h5-6,9,11,14H,7-8,10H2,1-4H3,(H,18,19)(H,20,21). The van der Waals surface area contributed by atoms with Crippen molar-refractivity contribution < 1.29 is 24.2 Å². The zero-order valence-corrected chi connectivity index (χ0v) is 14.1. The fraction of sp³-hybridized carbons (Fsp3) is 0.529. The number of carboxylic acids is 1. The van der Waals surface area contributed by atoms with Gasteiger partial charge in [0.1, 0.15) is 11.8 Å². The molecule has 2 N–H and O–H groups in total. The van der Waals surface area contributed by atoms with E-state index in [0.29, 0.717) is 5.75 Å². The molecular formula is C17H25NO5. The number of rotatable bonds is 9. The van der Waals surface area contributed by atoms with Gasteiger partial charge in [-0.05, 0) is 30.0 Å². The van der Waals surface area contributed by atoms with Crippen molar-refractivity contribution >= 4 is 11.9 Å². The Labute approximate surface area is 136 Å². The van der Waals surface area contributed by atoms with Gasteiger partial charge in [-0.1, -0.05) is 26.0 Å². The largest absolute Gasteiger partial charge is 0.483 e. The number of aryl methyl sites for hydroxylation is 1. The molecule has 0 radical (unpaired) electrons. The highest BCUT2D eigenvalue weighted by Gasteiger charge is 2.20. The molecule has 23 heavy (non-hydrogen) atoms. The van der Waals surface area contributed by atoms with Crippen molar-refractivity contribution in [1.82, 2.24) is 5.32 Å². The Morgan fingerprint density at radius 3 is 2.57 bits per heavy atom. The lowest BCUT2D eigenvalue weighted by Crippen LogP contribution is -2.43. The number of carbonyl (C=O) groups is 2. The molecule has 0 fully saturated rings. The molecule has 0 bridgehead atoms. The summed E-state index contributed by atoms with van der Waals surface area (Å²) in [6.45, 7) is 6.07. The molecule has 6 heteroatoms. The molecule has 1 aromatic carbocycles. The van der Waals surface area contributed by atoms with E-state index in [0.717, 1.165) is 11.1 Å². The van der Waals surface area contributed by atoms with Crippen LogP contribution in [0.15, 0.2) is 18.2 Å². The van der Waals surface area contributed by atoms with E-state index in [1.54, 1.807) is 0 Å². The van der Waals surface area contributed by atoms with Crippen molar-refractivity contribution in [3.63, 3.8) is 0 Å². The van der Waals surface area contributed by atoms with Crippen LogP contribution in [0.4, 0.5) is 0 Å². The first-order valence-corrected chi connectivity index (χ1v) is 7.59. The second kappa shape index (κ2) is 9.15. The van der Waals surface area contributed by atoms with Crippen molar-refractivity contribution in [3.05, 3.63) is 29.3 Å². The summed E-state index contributed by atoms with van der Waals surface area (Å²) in [6.07, 6.45) is 0.208. The van der Waals surface area contributed by atoms with Gasteiger partial charge in [-0.25, -0.2) is 4.79 Å². The number of ether oxygens (including phenoxy) is 2. The number of benzene rings is 1. The molecule has 0 aromatic heterocycles. The van der Waals surface area contributed by atoms with Gasteiger partial charge in [0.2, 0.25) is 0 Å². The molecule has 1 atom stereocenters. The molecule has 1 aromatic rings. The molecule has 0 saturated carbocycles. The van der Waals surface area contributed by atoms with E-state index in [2.05, 4.69) is 5.32 Å². The quantitative estimate of drug-likeness (QED) is 0.727. The normalized spacial score (nSPS) is 12.0. The van der Waals surface area contributed by atoms with E-state index in [1.807, 2.05) is 39.0 Å². The van der Waals surface area contributed by atoms with Crippen LogP contribution < -0.4 is 10.1 Å². The summed E-state index contributed by atoms with van der Waals surface area (Å²) >= 11 is 0. The number of aliphatic carboxylic acids is 1. The first-order valence-electron chi connectivity index (χ1n) is 7.59. The molecule has 1 rings (SSSR count). The van der Waals surface area contributed by atoms with Gasteiger partial charge in [0.15, 0.2) is 6.61 Å². The molecule has 1 unspecified atom stereocenters. The summed E-state index contributed by atoms with van der Waals surface area (Å²) in [5, 5.41) is 11.5. The van der Waals surface area contributed by atoms with Gasteiger partial charge in [0, 0.05) is 20.1 Å². The maximum Gasteiger partial charge on any atom is 0.326 e. The van der Waals surface area contributed by atoms with Crippen LogP contribution in [0, 0.1) is 6.92 Å². The monoisotopic (exact) mass is 323 g/mol. The van der Waals surface area contributed by atoms with Gasteiger partial charge in [0.25, 0.3) is 5.91 Å². The number of amides is 1. The van der Waals surface area contributed by atoms with Crippen molar-refractivity contribution in [1.29, 1.82) is 0 Å². The molecular weight excluding hydrogens is 298 g/mol. The number of carbonyl (C=O) groups excluding carboxylic acids is 1. The van der Waals surface area contributed by atoms with Crippen LogP contribution in [0.3, 0.4) is 0 Å². The lowest BCUT2D eigenvalue weighted by atomic mass is 10.0. The smallest absolute Gasteiger partial charge is 0.326 e. The summed E-state index contributed by atoms with van der Waals surface area (Å²) in [5.41, 5.74) is 2.05. The molecule has 1 amide bonds. The number of hydrogen-bond donors (Lipinski definition) is 2. The zero-order chi connectivity index (χ0) is 17.4. The number of carboxylic acid groups (broad SMARTS) is 1. The predicted molar refractivity (Wildman–Crippen MR) is 86.8 cm³/mol. The van der Waals surface area contributed by atoms with Crippen LogP contribution in [0.1, 0.15) is 37.3 Å². The van der Waals surface area contributed by atoms with Crippen LogP contribution >= 0.6 is 0 Å². The maximum atomic E-state index is 11.9. The van der Waals surface area contributed by atoms with Gasteiger partial charge in [-0.15, -0.1) is 0 Å². The average Bonchev–Trinajstić information content (AvgIpc) is 2.48. The number of methoxy groups -OCH3 is 1. The fourth-order valence-corrected chi connectivity index (χ4v) is 2.12. The van der Waals surface area contributed by atoms with E-state index in [1.165, 1.54) is 7.11 Å². The maximum absolute atomic E-state index is 11.9. The third kappa shape index (κ3) is 6.28. The van der Waals surface area contributed by atoms with E-state index in [9.17, 15) is 9.59 Å². The van der Waals surface area contributed by atoms with Crippen molar-refractivity contribution in [2.75, 3.05) is 20.3 Å². The van der Waals surface area contributed by atoms with E-state index in [-0.39, 0.29) is 25.6 Å². The molecule has 0 aliphatic rings. The zero-order valence-electron chi connectivity index (χ0n) is 14.1. The Kier molecular flexibility index (Phi) is 7.54.